The largest absolute Gasteiger partial charge is 0.397 e. The molecule has 2 heterocycles. The number of hydrogen-bond acceptors (Lipinski definition) is 3. The van der Waals surface area contributed by atoms with Gasteiger partial charge < -0.3 is 10.6 Å². The highest BCUT2D eigenvalue weighted by Gasteiger charge is 2.39. The van der Waals surface area contributed by atoms with Gasteiger partial charge in [0.1, 0.15) is 4.88 Å². The molecule has 2 unspecified atom stereocenters. The zero-order valence-electron chi connectivity index (χ0n) is 12.3. The summed E-state index contributed by atoms with van der Waals surface area (Å²) in [5.41, 5.74) is 8.12. The number of carbonyl (C=O) groups excluding carboxylic acids is 1. The molecular weight excluding hydrogens is 280 g/mol. The molecule has 110 valence electrons. The zero-order chi connectivity index (χ0) is 14.6. The van der Waals surface area contributed by atoms with Crippen molar-refractivity contribution < 1.29 is 4.79 Å². The first-order valence-corrected chi connectivity index (χ1v) is 8.53. The predicted octanol–water partition coefficient (Wildman–Crippen LogP) is 3.66. The fraction of sp³-hybridized carbons (Fsp3) is 0.471. The van der Waals surface area contributed by atoms with Gasteiger partial charge in [-0.05, 0) is 37.2 Å². The Morgan fingerprint density at radius 2 is 2.00 bits per heavy atom. The number of benzene rings is 1. The Morgan fingerprint density at radius 1 is 1.29 bits per heavy atom. The quantitative estimate of drug-likeness (QED) is 0.873. The molecule has 1 saturated heterocycles. The third-order valence-electron chi connectivity index (χ3n) is 5.16. The minimum atomic E-state index is 0.141. The fourth-order valence-electron chi connectivity index (χ4n) is 3.98. The maximum Gasteiger partial charge on any atom is 0.266 e. The Morgan fingerprint density at radius 3 is 2.67 bits per heavy atom. The third-order valence-corrected chi connectivity index (χ3v) is 6.50. The number of anilines is 1. The van der Waals surface area contributed by atoms with Gasteiger partial charge in [0.15, 0.2) is 0 Å². The molecule has 4 heteroatoms. The van der Waals surface area contributed by atoms with Gasteiger partial charge in [0, 0.05) is 23.2 Å². The highest BCUT2D eigenvalue weighted by Crippen LogP contribution is 2.41. The molecule has 1 aliphatic carbocycles. The number of fused-ring (bicyclic) bond motifs is 2. The van der Waals surface area contributed by atoms with E-state index in [9.17, 15) is 4.79 Å². The summed E-state index contributed by atoms with van der Waals surface area (Å²) in [5, 5.41) is 1.03. The maximum atomic E-state index is 12.8. The van der Waals surface area contributed by atoms with E-state index in [1.165, 1.54) is 24.8 Å². The number of rotatable bonds is 1. The molecule has 2 fully saturated rings. The number of nitrogens with zero attached hydrogens (tertiary/aromatic N) is 1. The number of likely N-dealkylation sites (tertiary alicyclic amines) is 1. The van der Waals surface area contributed by atoms with Gasteiger partial charge in [-0.25, -0.2) is 0 Å². The highest BCUT2D eigenvalue weighted by atomic mass is 32.1. The summed E-state index contributed by atoms with van der Waals surface area (Å²) in [6, 6.07) is 6.10. The van der Waals surface area contributed by atoms with Crippen molar-refractivity contribution in [2.24, 2.45) is 11.8 Å². The van der Waals surface area contributed by atoms with Crippen molar-refractivity contribution in [1.82, 2.24) is 4.90 Å². The molecule has 1 amide bonds. The average molecular weight is 300 g/mol. The summed E-state index contributed by atoms with van der Waals surface area (Å²) in [6.45, 7) is 3.93. The van der Waals surface area contributed by atoms with Crippen molar-refractivity contribution in [3.05, 3.63) is 28.6 Å². The Labute approximate surface area is 128 Å². The molecule has 4 rings (SSSR count). The van der Waals surface area contributed by atoms with Crippen LogP contribution in [0, 0.1) is 18.8 Å². The van der Waals surface area contributed by atoms with Gasteiger partial charge in [-0.15, -0.1) is 11.3 Å². The van der Waals surface area contributed by atoms with Crippen molar-refractivity contribution >= 4 is 33.0 Å². The number of thiophene rings is 1. The molecule has 2 aromatic rings. The van der Waals surface area contributed by atoms with E-state index >= 15 is 0 Å². The Bertz CT molecular complexity index is 709. The summed E-state index contributed by atoms with van der Waals surface area (Å²) in [4.78, 5) is 15.6. The molecule has 1 aliphatic heterocycles. The fourth-order valence-corrected chi connectivity index (χ4v) is 5.14. The minimum absolute atomic E-state index is 0.141. The van der Waals surface area contributed by atoms with E-state index in [0.29, 0.717) is 5.69 Å². The standard InChI is InChI=1S/C17H20N2OS/c1-10-4-2-7-13-14(18)16(21-15(10)13)17(20)19-8-11-5-3-6-12(11)9-19/h2,4,7,11-12H,3,5-6,8-9,18H2,1H3. The molecule has 21 heavy (non-hydrogen) atoms. The Hall–Kier alpha value is -1.55. The summed E-state index contributed by atoms with van der Waals surface area (Å²) in [7, 11) is 0. The van der Waals surface area contributed by atoms with Crippen LogP contribution < -0.4 is 5.73 Å². The SMILES string of the molecule is Cc1cccc2c(N)c(C(=O)N3CC4CCCC4C3)sc12. The zero-order valence-corrected chi connectivity index (χ0v) is 13.1. The van der Waals surface area contributed by atoms with Gasteiger partial charge in [-0.1, -0.05) is 24.6 Å². The summed E-state index contributed by atoms with van der Waals surface area (Å²) in [6.07, 6.45) is 3.91. The molecule has 1 aromatic heterocycles. The van der Waals surface area contributed by atoms with E-state index < -0.39 is 0 Å². The number of carbonyl (C=O) groups is 1. The second-order valence-electron chi connectivity index (χ2n) is 6.46. The summed E-state index contributed by atoms with van der Waals surface area (Å²) >= 11 is 1.56. The van der Waals surface area contributed by atoms with Gasteiger partial charge in [0.05, 0.1) is 5.69 Å². The normalized spacial score (nSPS) is 24.7. The minimum Gasteiger partial charge on any atom is -0.397 e. The molecule has 3 nitrogen and oxygen atoms in total. The van der Waals surface area contributed by atoms with Gasteiger partial charge in [0.25, 0.3) is 5.91 Å². The van der Waals surface area contributed by atoms with Gasteiger partial charge in [-0.2, -0.15) is 0 Å². The van der Waals surface area contributed by atoms with Crippen molar-refractivity contribution in [2.45, 2.75) is 26.2 Å². The number of hydrogen-bond donors (Lipinski definition) is 1. The lowest BCUT2D eigenvalue weighted by atomic mass is 10.0. The molecule has 2 atom stereocenters. The third kappa shape index (κ3) is 1.96. The van der Waals surface area contributed by atoms with E-state index in [2.05, 4.69) is 13.0 Å². The van der Waals surface area contributed by atoms with Crippen LogP contribution >= 0.6 is 11.3 Å². The lowest BCUT2D eigenvalue weighted by molar-refractivity contribution is 0.0786. The summed E-state index contributed by atoms with van der Waals surface area (Å²) in [5.74, 6) is 1.60. The van der Waals surface area contributed by atoms with Crippen molar-refractivity contribution in [2.75, 3.05) is 18.8 Å². The number of aryl methyl sites for hydroxylation is 1. The first-order valence-electron chi connectivity index (χ1n) is 7.72. The van der Waals surface area contributed by atoms with E-state index in [1.807, 2.05) is 17.0 Å². The van der Waals surface area contributed by atoms with Crippen LogP contribution in [-0.4, -0.2) is 23.9 Å². The monoisotopic (exact) mass is 300 g/mol. The van der Waals surface area contributed by atoms with E-state index in [4.69, 9.17) is 5.73 Å². The first-order chi connectivity index (χ1) is 10.1. The van der Waals surface area contributed by atoms with Crippen LogP contribution in [0.5, 0.6) is 0 Å². The number of nitrogens with two attached hydrogens (primary N) is 1. The van der Waals surface area contributed by atoms with Crippen LogP contribution in [0.3, 0.4) is 0 Å². The van der Waals surface area contributed by atoms with Gasteiger partial charge in [0.2, 0.25) is 0 Å². The number of amides is 1. The van der Waals surface area contributed by atoms with Crippen molar-refractivity contribution in [3.63, 3.8) is 0 Å². The van der Waals surface area contributed by atoms with Gasteiger partial charge >= 0.3 is 0 Å². The molecule has 0 spiro atoms. The van der Waals surface area contributed by atoms with Crippen LogP contribution in [0.15, 0.2) is 18.2 Å². The lowest BCUT2D eigenvalue weighted by Crippen LogP contribution is -2.29. The van der Waals surface area contributed by atoms with Crippen LogP contribution in [0.1, 0.15) is 34.5 Å². The lowest BCUT2D eigenvalue weighted by Gasteiger charge is -2.16. The molecule has 2 N–H and O–H groups in total. The molecule has 1 saturated carbocycles. The van der Waals surface area contributed by atoms with E-state index in [0.717, 1.165) is 39.9 Å². The van der Waals surface area contributed by atoms with Crippen molar-refractivity contribution in [1.29, 1.82) is 0 Å². The molecular formula is C17H20N2OS. The molecule has 2 aliphatic rings. The molecule has 0 radical (unpaired) electrons. The van der Waals surface area contributed by atoms with E-state index in [1.54, 1.807) is 11.3 Å². The van der Waals surface area contributed by atoms with Crippen LogP contribution in [-0.2, 0) is 0 Å². The van der Waals surface area contributed by atoms with Crippen LogP contribution in [0.4, 0.5) is 5.69 Å². The maximum absolute atomic E-state index is 12.8. The topological polar surface area (TPSA) is 46.3 Å². The van der Waals surface area contributed by atoms with Gasteiger partial charge in [-0.3, -0.25) is 4.79 Å². The highest BCUT2D eigenvalue weighted by molar-refractivity contribution is 7.21. The molecule has 1 aromatic carbocycles. The Kier molecular flexibility index (Phi) is 2.96. The predicted molar refractivity (Wildman–Crippen MR) is 87.7 cm³/mol. The molecule has 0 bridgehead atoms. The first kappa shape index (κ1) is 13.1. The van der Waals surface area contributed by atoms with Crippen molar-refractivity contribution in [3.8, 4) is 0 Å². The average Bonchev–Trinajstić information content (AvgIpc) is 3.12. The smallest absolute Gasteiger partial charge is 0.266 e. The number of nitrogen functional groups attached to an aromatic ring is 1. The second-order valence-corrected chi connectivity index (χ2v) is 7.48. The van der Waals surface area contributed by atoms with Crippen LogP contribution in [0.25, 0.3) is 10.1 Å². The van der Waals surface area contributed by atoms with E-state index in [-0.39, 0.29) is 5.91 Å². The Balaban J connectivity index is 1.69. The van der Waals surface area contributed by atoms with Crippen LogP contribution in [0.2, 0.25) is 0 Å². The summed E-state index contributed by atoms with van der Waals surface area (Å²) < 4.78 is 1.15. The second kappa shape index (κ2) is 4.73.